The average molecular weight is 595 g/mol. The van der Waals surface area contributed by atoms with Gasteiger partial charge in [-0.05, 0) is 63.3 Å². The van der Waals surface area contributed by atoms with Gasteiger partial charge in [0.2, 0.25) is 5.91 Å². The Morgan fingerprint density at radius 3 is 2.75 bits per heavy atom. The number of nitrogens with one attached hydrogen (secondary N) is 1. The monoisotopic (exact) mass is 594 g/mol. The smallest absolute Gasteiger partial charge is 0.416 e. The Labute approximate surface area is 238 Å². The van der Waals surface area contributed by atoms with Crippen molar-refractivity contribution in [3.05, 3.63) is 64.3 Å². The lowest BCUT2D eigenvalue weighted by Gasteiger charge is -2.14. The lowest BCUT2D eigenvalue weighted by Crippen LogP contribution is -2.19. The largest absolute Gasteiger partial charge is 0.486 e. The van der Waals surface area contributed by atoms with Gasteiger partial charge in [-0.1, -0.05) is 23.9 Å². The maximum atomic E-state index is 13.0. The van der Waals surface area contributed by atoms with Crippen LogP contribution >= 0.6 is 23.1 Å². The molecule has 1 aromatic carbocycles. The van der Waals surface area contributed by atoms with Crippen LogP contribution in [0.1, 0.15) is 58.9 Å². The summed E-state index contributed by atoms with van der Waals surface area (Å²) in [6, 6.07) is 4.58. The molecule has 214 valence electrons. The molecule has 13 heteroatoms. The standard InChI is InChI=1S/C27H29F3N4O4S2/c1-4-12-34-21(14-37-18-9-7-8-17(13-18)27(28,29)30)32-33-26(34)39-15-22(35)31-24-23(25(36)38-16(2)3)19-10-5-6-11-20(19)40-24/h4,7-9,13,16H,1,5-6,10-12,14-15H2,2-3H3,(H,31,35). The number of hydrogen-bond donors (Lipinski definition) is 1. The summed E-state index contributed by atoms with van der Waals surface area (Å²) >= 11 is 2.55. The minimum Gasteiger partial charge on any atom is -0.486 e. The minimum absolute atomic E-state index is 0.00893. The molecular weight excluding hydrogens is 565 g/mol. The summed E-state index contributed by atoms with van der Waals surface area (Å²) in [5.41, 5.74) is 0.587. The van der Waals surface area contributed by atoms with E-state index in [4.69, 9.17) is 9.47 Å². The van der Waals surface area contributed by atoms with E-state index in [1.165, 1.54) is 23.5 Å². The number of benzene rings is 1. The Bertz CT molecular complexity index is 1380. The number of allylic oxidation sites excluding steroid dienone is 1. The first kappa shape index (κ1) is 29.7. The first-order valence-corrected chi connectivity index (χ1v) is 14.5. The summed E-state index contributed by atoms with van der Waals surface area (Å²) < 4.78 is 51.7. The molecule has 0 saturated carbocycles. The van der Waals surface area contributed by atoms with Gasteiger partial charge in [0.25, 0.3) is 0 Å². The van der Waals surface area contributed by atoms with Gasteiger partial charge in [-0.25, -0.2) is 4.79 Å². The van der Waals surface area contributed by atoms with E-state index in [9.17, 15) is 22.8 Å². The number of carbonyl (C=O) groups is 2. The van der Waals surface area contributed by atoms with Gasteiger partial charge < -0.3 is 14.8 Å². The molecule has 2 heterocycles. The van der Waals surface area contributed by atoms with Gasteiger partial charge in [-0.2, -0.15) is 13.2 Å². The van der Waals surface area contributed by atoms with Crippen LogP contribution in [0.15, 0.2) is 42.1 Å². The third kappa shape index (κ3) is 7.25. The van der Waals surface area contributed by atoms with E-state index >= 15 is 0 Å². The summed E-state index contributed by atoms with van der Waals surface area (Å²) in [6.07, 6.45) is 0.502. The number of hydrogen-bond acceptors (Lipinski definition) is 8. The highest BCUT2D eigenvalue weighted by Gasteiger charge is 2.31. The van der Waals surface area contributed by atoms with E-state index in [1.54, 1.807) is 24.5 Å². The predicted octanol–water partition coefficient (Wildman–Crippen LogP) is 6.30. The molecule has 0 radical (unpaired) electrons. The number of rotatable bonds is 11. The molecule has 1 aliphatic rings. The lowest BCUT2D eigenvalue weighted by molar-refractivity contribution is -0.137. The number of ether oxygens (including phenoxy) is 2. The second kappa shape index (κ2) is 12.9. The summed E-state index contributed by atoms with van der Waals surface area (Å²) in [4.78, 5) is 26.9. The first-order chi connectivity index (χ1) is 19.1. The number of aromatic nitrogens is 3. The number of thiophene rings is 1. The number of thioether (sulfide) groups is 1. The molecule has 3 aromatic rings. The van der Waals surface area contributed by atoms with Crippen molar-refractivity contribution in [1.82, 2.24) is 14.8 Å². The topological polar surface area (TPSA) is 95.3 Å². The number of anilines is 1. The van der Waals surface area contributed by atoms with Crippen molar-refractivity contribution in [3.63, 3.8) is 0 Å². The highest BCUT2D eigenvalue weighted by molar-refractivity contribution is 7.99. The minimum atomic E-state index is -4.48. The van der Waals surface area contributed by atoms with Gasteiger partial charge in [-0.15, -0.1) is 28.1 Å². The van der Waals surface area contributed by atoms with Gasteiger partial charge in [0.1, 0.15) is 17.4 Å². The van der Waals surface area contributed by atoms with Crippen LogP contribution in [0.5, 0.6) is 5.75 Å². The van der Waals surface area contributed by atoms with Crippen LogP contribution in [0.3, 0.4) is 0 Å². The van der Waals surface area contributed by atoms with Gasteiger partial charge in [0, 0.05) is 11.4 Å². The number of amides is 1. The highest BCUT2D eigenvalue weighted by atomic mass is 32.2. The van der Waals surface area contributed by atoms with E-state index in [-0.39, 0.29) is 30.1 Å². The Kier molecular flexibility index (Phi) is 9.56. The van der Waals surface area contributed by atoms with Crippen molar-refractivity contribution >= 4 is 40.0 Å². The molecule has 40 heavy (non-hydrogen) atoms. The molecular formula is C27H29F3N4O4S2. The summed E-state index contributed by atoms with van der Waals surface area (Å²) in [5.74, 6) is -0.358. The molecule has 1 N–H and O–H groups in total. The highest BCUT2D eigenvalue weighted by Crippen LogP contribution is 2.39. The molecule has 0 unspecified atom stereocenters. The number of esters is 1. The summed E-state index contributed by atoms with van der Waals surface area (Å²) in [7, 11) is 0. The number of halogens is 3. The quantitative estimate of drug-likeness (QED) is 0.158. The predicted molar refractivity (Wildman–Crippen MR) is 147 cm³/mol. The zero-order valence-electron chi connectivity index (χ0n) is 22.0. The maximum absolute atomic E-state index is 13.0. The number of alkyl halides is 3. The molecule has 1 aliphatic carbocycles. The van der Waals surface area contributed by atoms with Gasteiger partial charge in [0.15, 0.2) is 11.0 Å². The normalized spacial score (nSPS) is 13.2. The van der Waals surface area contributed by atoms with Crippen LogP contribution < -0.4 is 10.1 Å². The van der Waals surface area contributed by atoms with Crippen molar-refractivity contribution < 1.29 is 32.2 Å². The third-order valence-corrected chi connectivity index (χ3v) is 8.11. The van der Waals surface area contributed by atoms with Crippen LogP contribution in [0.4, 0.5) is 18.2 Å². The van der Waals surface area contributed by atoms with E-state index in [0.29, 0.717) is 28.1 Å². The number of carbonyl (C=O) groups excluding carboxylic acids is 2. The summed E-state index contributed by atoms with van der Waals surface area (Å²) in [6.45, 7) is 7.47. The van der Waals surface area contributed by atoms with Crippen LogP contribution in [0.25, 0.3) is 0 Å². The van der Waals surface area contributed by atoms with Crippen molar-refractivity contribution in [1.29, 1.82) is 0 Å². The number of aryl methyl sites for hydroxylation is 1. The van der Waals surface area contributed by atoms with Gasteiger partial charge in [-0.3, -0.25) is 9.36 Å². The van der Waals surface area contributed by atoms with E-state index < -0.39 is 17.7 Å². The maximum Gasteiger partial charge on any atom is 0.416 e. The Morgan fingerprint density at radius 1 is 1.25 bits per heavy atom. The van der Waals surface area contributed by atoms with Gasteiger partial charge >= 0.3 is 12.1 Å². The fourth-order valence-corrected chi connectivity index (χ4v) is 6.25. The Hall–Kier alpha value is -3.32. The lowest BCUT2D eigenvalue weighted by atomic mass is 9.95. The molecule has 1 amide bonds. The van der Waals surface area contributed by atoms with Crippen molar-refractivity contribution in [2.24, 2.45) is 0 Å². The summed E-state index contributed by atoms with van der Waals surface area (Å²) in [5, 5.41) is 12.0. The first-order valence-electron chi connectivity index (χ1n) is 12.7. The number of fused-ring (bicyclic) bond motifs is 1. The molecule has 0 bridgehead atoms. The zero-order valence-corrected chi connectivity index (χ0v) is 23.7. The van der Waals surface area contributed by atoms with Crippen molar-refractivity contribution in [2.45, 2.75) is 70.1 Å². The van der Waals surface area contributed by atoms with Crippen molar-refractivity contribution in [3.8, 4) is 5.75 Å². The van der Waals surface area contributed by atoms with Crippen LogP contribution in [-0.4, -0.2) is 38.5 Å². The van der Waals surface area contributed by atoms with Crippen LogP contribution in [0, 0.1) is 0 Å². The molecule has 8 nitrogen and oxygen atoms in total. The third-order valence-electron chi connectivity index (χ3n) is 5.94. The molecule has 4 rings (SSSR count). The van der Waals surface area contributed by atoms with Gasteiger partial charge in [0.05, 0.1) is 23.0 Å². The SMILES string of the molecule is C=CCn1c(COc2cccc(C(F)(F)F)c2)nnc1SCC(=O)Nc1sc2c(c1C(=O)OC(C)C)CCCC2. The fraction of sp³-hybridized carbons (Fsp3) is 0.407. The van der Waals surface area contributed by atoms with E-state index in [0.717, 1.165) is 60.0 Å². The Morgan fingerprint density at radius 2 is 2.02 bits per heavy atom. The molecule has 0 aliphatic heterocycles. The second-order valence-corrected chi connectivity index (χ2v) is 11.4. The molecule has 2 aromatic heterocycles. The molecule has 0 atom stereocenters. The molecule has 0 spiro atoms. The van der Waals surface area contributed by atoms with Crippen molar-refractivity contribution in [2.75, 3.05) is 11.1 Å². The molecule has 0 saturated heterocycles. The van der Waals surface area contributed by atoms with Crippen LogP contribution in [0.2, 0.25) is 0 Å². The van der Waals surface area contributed by atoms with E-state index in [1.807, 2.05) is 0 Å². The second-order valence-electron chi connectivity index (χ2n) is 9.32. The van der Waals surface area contributed by atoms with Crippen LogP contribution in [-0.2, 0) is 41.7 Å². The number of nitrogens with zero attached hydrogens (tertiary/aromatic N) is 3. The Balaban J connectivity index is 1.43. The fourth-order valence-electron chi connectivity index (χ4n) is 4.19. The zero-order chi connectivity index (χ0) is 28.9. The average Bonchev–Trinajstić information content (AvgIpc) is 3.46. The molecule has 0 fully saturated rings. The van der Waals surface area contributed by atoms with E-state index in [2.05, 4.69) is 22.1 Å².